The van der Waals surface area contributed by atoms with Crippen LogP contribution in [-0.2, 0) is 17.9 Å². The second-order valence-electron chi connectivity index (χ2n) is 7.82. The molecule has 1 amide bonds. The van der Waals surface area contributed by atoms with Gasteiger partial charge in [0.25, 0.3) is 0 Å². The number of nitrogens with zero attached hydrogens (tertiary/aromatic N) is 2. The van der Waals surface area contributed by atoms with E-state index in [0.29, 0.717) is 6.54 Å². The van der Waals surface area contributed by atoms with Crippen molar-refractivity contribution in [3.05, 3.63) is 59.4 Å². The van der Waals surface area contributed by atoms with Gasteiger partial charge in [0.05, 0.1) is 24.7 Å². The maximum Gasteiger partial charge on any atom is 0.223 e. The predicted octanol–water partition coefficient (Wildman–Crippen LogP) is 3.41. The second-order valence-corrected chi connectivity index (χ2v) is 7.82. The Morgan fingerprint density at radius 2 is 2.07 bits per heavy atom. The standard InChI is InChI=1S/C23H28N4O2/c1-16-6-7-20-21(12-16)26-22(25-20)15-27-10-8-18(9-11-27)23(28)24-14-17-4-3-5-19(13-17)29-2/h3-7,12-13,18H,8-11,14-15H2,1-2H3,(H,24,28)(H,25,26). The van der Waals surface area contributed by atoms with Gasteiger partial charge in [-0.05, 0) is 68.2 Å². The summed E-state index contributed by atoms with van der Waals surface area (Å²) in [7, 11) is 1.65. The van der Waals surface area contributed by atoms with E-state index in [1.807, 2.05) is 24.3 Å². The first-order chi connectivity index (χ1) is 14.1. The number of hydrogen-bond acceptors (Lipinski definition) is 4. The number of ether oxygens (including phenoxy) is 1. The van der Waals surface area contributed by atoms with E-state index in [9.17, 15) is 4.79 Å². The zero-order valence-electron chi connectivity index (χ0n) is 17.1. The van der Waals surface area contributed by atoms with Crippen molar-refractivity contribution in [2.45, 2.75) is 32.9 Å². The number of methoxy groups -OCH3 is 1. The highest BCUT2D eigenvalue weighted by atomic mass is 16.5. The summed E-state index contributed by atoms with van der Waals surface area (Å²) in [5.41, 5.74) is 4.38. The zero-order valence-corrected chi connectivity index (χ0v) is 17.1. The Morgan fingerprint density at radius 3 is 2.86 bits per heavy atom. The molecule has 6 heteroatoms. The fourth-order valence-corrected chi connectivity index (χ4v) is 3.93. The number of rotatable bonds is 6. The number of nitrogens with one attached hydrogen (secondary N) is 2. The van der Waals surface area contributed by atoms with Crippen LogP contribution in [0.15, 0.2) is 42.5 Å². The van der Waals surface area contributed by atoms with E-state index in [1.165, 1.54) is 5.56 Å². The molecule has 1 aromatic heterocycles. The van der Waals surface area contributed by atoms with Crippen LogP contribution in [0, 0.1) is 12.8 Å². The largest absolute Gasteiger partial charge is 0.497 e. The Kier molecular flexibility index (Phi) is 5.81. The van der Waals surface area contributed by atoms with E-state index in [0.717, 1.165) is 60.6 Å². The molecule has 4 rings (SSSR count). The number of piperidine rings is 1. The third kappa shape index (κ3) is 4.77. The normalized spacial score (nSPS) is 15.5. The molecule has 0 radical (unpaired) electrons. The monoisotopic (exact) mass is 392 g/mol. The second kappa shape index (κ2) is 8.66. The van der Waals surface area contributed by atoms with Gasteiger partial charge in [0.2, 0.25) is 5.91 Å². The number of H-pyrrole nitrogens is 1. The summed E-state index contributed by atoms with van der Waals surface area (Å²) >= 11 is 0. The predicted molar refractivity (Wildman–Crippen MR) is 114 cm³/mol. The minimum atomic E-state index is 0.0789. The number of imidazole rings is 1. The van der Waals surface area contributed by atoms with Crippen LogP contribution in [0.4, 0.5) is 0 Å². The molecule has 0 atom stereocenters. The summed E-state index contributed by atoms with van der Waals surface area (Å²) in [4.78, 5) is 23.0. The van der Waals surface area contributed by atoms with Crippen molar-refractivity contribution in [1.29, 1.82) is 0 Å². The lowest BCUT2D eigenvalue weighted by Crippen LogP contribution is -2.40. The molecule has 0 spiro atoms. The zero-order chi connectivity index (χ0) is 20.2. The number of aromatic nitrogens is 2. The highest BCUT2D eigenvalue weighted by Gasteiger charge is 2.25. The molecule has 1 aliphatic rings. The Bertz CT molecular complexity index is 989. The average Bonchev–Trinajstić information content (AvgIpc) is 3.14. The average molecular weight is 393 g/mol. The third-order valence-corrected chi connectivity index (χ3v) is 5.62. The van der Waals surface area contributed by atoms with Gasteiger partial charge in [-0.1, -0.05) is 18.2 Å². The minimum Gasteiger partial charge on any atom is -0.497 e. The van der Waals surface area contributed by atoms with E-state index >= 15 is 0 Å². The smallest absolute Gasteiger partial charge is 0.223 e. The molecule has 2 heterocycles. The van der Waals surface area contributed by atoms with Gasteiger partial charge < -0.3 is 15.0 Å². The van der Waals surface area contributed by atoms with E-state index in [2.05, 4.69) is 40.3 Å². The number of fused-ring (bicyclic) bond motifs is 1. The van der Waals surface area contributed by atoms with Gasteiger partial charge in [-0.3, -0.25) is 9.69 Å². The molecule has 152 valence electrons. The van der Waals surface area contributed by atoms with Gasteiger partial charge in [-0.25, -0.2) is 4.98 Å². The van der Waals surface area contributed by atoms with Crippen LogP contribution < -0.4 is 10.1 Å². The molecule has 0 bridgehead atoms. The van der Waals surface area contributed by atoms with Gasteiger partial charge >= 0.3 is 0 Å². The first-order valence-corrected chi connectivity index (χ1v) is 10.2. The van der Waals surface area contributed by atoms with Gasteiger partial charge in [-0.2, -0.15) is 0 Å². The number of likely N-dealkylation sites (tertiary alicyclic amines) is 1. The molecular formula is C23H28N4O2. The summed E-state index contributed by atoms with van der Waals surface area (Å²) in [6.07, 6.45) is 1.76. The van der Waals surface area contributed by atoms with Crippen molar-refractivity contribution >= 4 is 16.9 Å². The summed E-state index contributed by atoms with van der Waals surface area (Å²) in [6, 6.07) is 14.1. The highest BCUT2D eigenvalue weighted by molar-refractivity contribution is 5.78. The SMILES string of the molecule is COc1cccc(CNC(=O)C2CCN(Cc3nc4ccc(C)cc4[nH]3)CC2)c1. The lowest BCUT2D eigenvalue weighted by atomic mass is 9.96. The third-order valence-electron chi connectivity index (χ3n) is 5.62. The van der Waals surface area contributed by atoms with Crippen molar-refractivity contribution < 1.29 is 9.53 Å². The molecule has 2 N–H and O–H groups in total. The summed E-state index contributed by atoms with van der Waals surface area (Å²) < 4.78 is 5.24. The summed E-state index contributed by atoms with van der Waals surface area (Å²) in [6.45, 7) is 5.24. The van der Waals surface area contributed by atoms with E-state index in [-0.39, 0.29) is 11.8 Å². The molecule has 2 aromatic carbocycles. The lowest BCUT2D eigenvalue weighted by molar-refractivity contribution is -0.126. The molecule has 0 aliphatic carbocycles. The number of aromatic amines is 1. The van der Waals surface area contributed by atoms with Gasteiger partial charge in [-0.15, -0.1) is 0 Å². The van der Waals surface area contributed by atoms with Crippen molar-refractivity contribution in [1.82, 2.24) is 20.2 Å². The Balaban J connectivity index is 1.26. The number of carbonyl (C=O) groups excluding carboxylic acids is 1. The molecule has 1 fully saturated rings. The van der Waals surface area contributed by atoms with Gasteiger partial charge in [0.1, 0.15) is 11.6 Å². The van der Waals surface area contributed by atoms with Crippen LogP contribution in [0.3, 0.4) is 0 Å². The lowest BCUT2D eigenvalue weighted by Gasteiger charge is -2.30. The number of amides is 1. The number of carbonyl (C=O) groups is 1. The van der Waals surface area contributed by atoms with Crippen LogP contribution in [0.5, 0.6) is 5.75 Å². The van der Waals surface area contributed by atoms with Crippen LogP contribution in [0.1, 0.15) is 29.8 Å². The molecule has 0 saturated carbocycles. The Hall–Kier alpha value is -2.86. The van der Waals surface area contributed by atoms with Crippen LogP contribution in [0.25, 0.3) is 11.0 Å². The molecule has 29 heavy (non-hydrogen) atoms. The van der Waals surface area contributed by atoms with Crippen molar-refractivity contribution in [2.24, 2.45) is 5.92 Å². The van der Waals surface area contributed by atoms with Crippen LogP contribution >= 0.6 is 0 Å². The molecular weight excluding hydrogens is 364 g/mol. The fraction of sp³-hybridized carbons (Fsp3) is 0.391. The van der Waals surface area contributed by atoms with Crippen molar-refractivity contribution in [2.75, 3.05) is 20.2 Å². The van der Waals surface area contributed by atoms with Crippen molar-refractivity contribution in [3.8, 4) is 5.75 Å². The van der Waals surface area contributed by atoms with Crippen molar-refractivity contribution in [3.63, 3.8) is 0 Å². The quantitative estimate of drug-likeness (QED) is 0.674. The minimum absolute atomic E-state index is 0.0789. The highest BCUT2D eigenvalue weighted by Crippen LogP contribution is 2.20. The van der Waals surface area contributed by atoms with Crippen LogP contribution in [0.2, 0.25) is 0 Å². The number of aryl methyl sites for hydroxylation is 1. The van der Waals surface area contributed by atoms with E-state index in [4.69, 9.17) is 9.72 Å². The summed E-state index contributed by atoms with van der Waals surface area (Å²) in [5, 5.41) is 3.08. The van der Waals surface area contributed by atoms with Gasteiger partial charge in [0.15, 0.2) is 0 Å². The molecule has 1 aliphatic heterocycles. The molecule has 0 unspecified atom stereocenters. The first kappa shape index (κ1) is 19.5. The molecule has 6 nitrogen and oxygen atoms in total. The molecule has 1 saturated heterocycles. The maximum absolute atomic E-state index is 12.6. The maximum atomic E-state index is 12.6. The first-order valence-electron chi connectivity index (χ1n) is 10.2. The Morgan fingerprint density at radius 1 is 1.24 bits per heavy atom. The number of hydrogen-bond donors (Lipinski definition) is 2. The fourth-order valence-electron chi connectivity index (χ4n) is 3.93. The topological polar surface area (TPSA) is 70.2 Å². The molecule has 3 aromatic rings. The summed E-state index contributed by atoms with van der Waals surface area (Å²) in [5.74, 6) is 2.03. The van der Waals surface area contributed by atoms with E-state index in [1.54, 1.807) is 7.11 Å². The van der Waals surface area contributed by atoms with Gasteiger partial charge in [0, 0.05) is 12.5 Å². The van der Waals surface area contributed by atoms with Crippen LogP contribution in [-0.4, -0.2) is 41.0 Å². The number of benzene rings is 2. The Labute approximate surface area is 171 Å². The van der Waals surface area contributed by atoms with E-state index < -0.39 is 0 Å².